The summed E-state index contributed by atoms with van der Waals surface area (Å²) in [5.74, 6) is 3.52. The molecule has 1 heterocycles. The van der Waals surface area contributed by atoms with E-state index in [2.05, 4.69) is 5.80 Å². The van der Waals surface area contributed by atoms with Crippen molar-refractivity contribution in [3.8, 4) is 0 Å². The third-order valence-corrected chi connectivity index (χ3v) is 8.75. The predicted octanol–water partition coefficient (Wildman–Crippen LogP) is 6.49. The second-order valence-electron chi connectivity index (χ2n) is 4.65. The van der Waals surface area contributed by atoms with Gasteiger partial charge in [-0.3, -0.25) is 0 Å². The lowest BCUT2D eigenvalue weighted by molar-refractivity contribution is 0.466. The van der Waals surface area contributed by atoms with Crippen LogP contribution in [0.5, 0.6) is 0 Å². The Morgan fingerprint density at radius 3 is 2.07 bits per heavy atom. The van der Waals surface area contributed by atoms with Gasteiger partial charge in [0.1, 0.15) is 0 Å². The fourth-order valence-corrected chi connectivity index (χ4v) is 8.46. The molecule has 0 bridgehead atoms. The Balaban J connectivity index is 1.90. The van der Waals surface area contributed by atoms with E-state index in [1.807, 2.05) is 0 Å². The van der Waals surface area contributed by atoms with Crippen molar-refractivity contribution < 1.29 is 0 Å². The molecule has 0 spiro atoms. The molecule has 2 rings (SSSR count). The molecule has 0 saturated heterocycles. The van der Waals surface area contributed by atoms with E-state index in [9.17, 15) is 0 Å². The maximum atomic E-state index is 2.56. The van der Waals surface area contributed by atoms with Crippen LogP contribution in [-0.2, 0) is 0 Å². The zero-order valence-corrected chi connectivity index (χ0v) is 12.2. The highest BCUT2D eigenvalue weighted by Crippen LogP contribution is 2.44. The summed E-state index contributed by atoms with van der Waals surface area (Å²) in [5, 5.41) is 1.80. The highest BCUT2D eigenvalue weighted by atomic mass is 32.1. The molecule has 1 saturated carbocycles. The molecular formula is C12H21P3. The molecule has 1 aromatic heterocycles. The largest absolute Gasteiger partial charge is 0.105 e. The van der Waals surface area contributed by atoms with E-state index in [1.165, 1.54) is 57.8 Å². The van der Waals surface area contributed by atoms with Crippen LogP contribution in [0.25, 0.3) is 0 Å². The lowest BCUT2D eigenvalue weighted by atomic mass is 9.92. The first-order valence-electron chi connectivity index (χ1n) is 6.33. The van der Waals surface area contributed by atoms with Gasteiger partial charge >= 0.3 is 0 Å². The summed E-state index contributed by atoms with van der Waals surface area (Å²) in [4.78, 5) is 0. The van der Waals surface area contributed by atoms with Crippen LogP contribution in [-0.4, -0.2) is 0 Å². The SMILES string of the molecule is c1[pH]ppc1C1CCCCCCCCC1. The fraction of sp³-hybridized carbons (Fsp3) is 0.833. The Hall–Kier alpha value is 0.640. The summed E-state index contributed by atoms with van der Waals surface area (Å²) in [7, 11) is 4.41. The number of hydrogen-bond acceptors (Lipinski definition) is 0. The van der Waals surface area contributed by atoms with Crippen LogP contribution in [0.15, 0.2) is 5.80 Å². The van der Waals surface area contributed by atoms with Crippen molar-refractivity contribution in [2.75, 3.05) is 0 Å². The van der Waals surface area contributed by atoms with Crippen molar-refractivity contribution in [3.63, 3.8) is 0 Å². The van der Waals surface area contributed by atoms with Gasteiger partial charge in [-0.25, -0.2) is 0 Å². The summed E-state index contributed by atoms with van der Waals surface area (Å²) < 4.78 is 0. The number of hydrogen-bond donors (Lipinski definition) is 0. The van der Waals surface area contributed by atoms with Crippen LogP contribution in [0.3, 0.4) is 0 Å². The Labute approximate surface area is 98.3 Å². The van der Waals surface area contributed by atoms with Crippen molar-refractivity contribution in [1.82, 2.24) is 0 Å². The topological polar surface area (TPSA) is 0 Å². The average Bonchev–Trinajstić information content (AvgIpc) is 2.79. The van der Waals surface area contributed by atoms with Gasteiger partial charge in [-0.15, -0.1) is 7.87 Å². The van der Waals surface area contributed by atoms with Gasteiger partial charge < -0.3 is 0 Å². The second-order valence-corrected chi connectivity index (χ2v) is 9.89. The minimum atomic E-state index is 0.965. The van der Waals surface area contributed by atoms with Crippen LogP contribution in [0.4, 0.5) is 0 Å². The molecule has 0 N–H and O–H groups in total. The zero-order chi connectivity index (χ0) is 10.3. The van der Waals surface area contributed by atoms with Gasteiger partial charge in [0.2, 0.25) is 0 Å². The van der Waals surface area contributed by atoms with Gasteiger partial charge in [-0.1, -0.05) is 44.9 Å². The summed E-state index contributed by atoms with van der Waals surface area (Å²) in [6.45, 7) is 0. The van der Waals surface area contributed by atoms with Crippen molar-refractivity contribution >= 4 is 23.3 Å². The smallest absolute Gasteiger partial charge is 0.00865 e. The van der Waals surface area contributed by atoms with Crippen molar-refractivity contribution in [2.45, 2.75) is 63.7 Å². The van der Waals surface area contributed by atoms with E-state index >= 15 is 0 Å². The molecule has 1 atom stereocenters. The summed E-state index contributed by atoms with van der Waals surface area (Å²) in [5.41, 5.74) is 0. The maximum absolute atomic E-state index is 2.56. The van der Waals surface area contributed by atoms with Gasteiger partial charge in [-0.2, -0.15) is 0 Å². The third kappa shape index (κ3) is 4.19. The highest BCUT2D eigenvalue weighted by molar-refractivity contribution is 8.17. The molecule has 1 aliphatic rings. The molecule has 0 amide bonds. The minimum absolute atomic E-state index is 0.965. The van der Waals surface area contributed by atoms with E-state index in [-0.39, 0.29) is 0 Å². The van der Waals surface area contributed by atoms with Gasteiger partial charge in [0.05, 0.1) is 0 Å². The van der Waals surface area contributed by atoms with E-state index in [0.29, 0.717) is 0 Å². The first-order chi connectivity index (χ1) is 7.47. The fourth-order valence-electron chi connectivity index (χ4n) is 2.52. The van der Waals surface area contributed by atoms with Crippen molar-refractivity contribution in [1.29, 1.82) is 0 Å². The molecule has 84 valence electrons. The third-order valence-electron chi connectivity index (χ3n) is 3.46. The second kappa shape index (κ2) is 7.06. The van der Waals surface area contributed by atoms with Gasteiger partial charge in [-0.05, 0) is 45.3 Å². The lowest BCUT2D eigenvalue weighted by Crippen LogP contribution is -1.98. The molecule has 1 unspecified atom stereocenters. The van der Waals surface area contributed by atoms with Crippen molar-refractivity contribution in [2.24, 2.45) is 0 Å². The zero-order valence-electron chi connectivity index (χ0n) is 9.41. The Morgan fingerprint density at radius 2 is 1.53 bits per heavy atom. The molecule has 1 aliphatic carbocycles. The Morgan fingerprint density at radius 1 is 0.933 bits per heavy atom. The minimum Gasteiger partial charge on any atom is -0.105 e. The molecule has 15 heavy (non-hydrogen) atoms. The van der Waals surface area contributed by atoms with Crippen LogP contribution < -0.4 is 0 Å². The lowest BCUT2D eigenvalue weighted by Gasteiger charge is -2.17. The van der Waals surface area contributed by atoms with Crippen LogP contribution >= 0.6 is 23.3 Å². The summed E-state index contributed by atoms with van der Waals surface area (Å²) >= 11 is 0. The average molecular weight is 258 g/mol. The predicted molar refractivity (Wildman–Crippen MR) is 75.3 cm³/mol. The monoisotopic (exact) mass is 258 g/mol. The first-order valence-corrected chi connectivity index (χ1v) is 10.7. The van der Waals surface area contributed by atoms with Crippen LogP contribution in [0.1, 0.15) is 69.0 Å². The molecule has 0 aliphatic heterocycles. The number of rotatable bonds is 1. The normalized spacial score (nSPS) is 22.9. The summed E-state index contributed by atoms with van der Waals surface area (Å²) in [6, 6.07) is 0. The van der Waals surface area contributed by atoms with E-state index in [1.54, 1.807) is 20.7 Å². The van der Waals surface area contributed by atoms with Crippen LogP contribution in [0.2, 0.25) is 0 Å². The van der Waals surface area contributed by atoms with Gasteiger partial charge in [0, 0.05) is 0 Å². The maximum Gasteiger partial charge on any atom is -0.00865 e. The molecule has 3 heteroatoms. The summed E-state index contributed by atoms with van der Waals surface area (Å²) in [6.07, 6.45) is 13.4. The van der Waals surface area contributed by atoms with E-state index < -0.39 is 0 Å². The molecular weight excluding hydrogens is 237 g/mol. The van der Waals surface area contributed by atoms with E-state index in [4.69, 9.17) is 0 Å². The Bertz CT molecular complexity index is 246. The molecule has 0 radical (unpaired) electrons. The standard InChI is InChI=1S/C12H21P3/c1-2-4-6-8-11(9-7-5-3-1)12-10-13-15-14-12/h10-11,13H,1-9H2. The van der Waals surface area contributed by atoms with Crippen LogP contribution in [0, 0.1) is 0 Å². The van der Waals surface area contributed by atoms with Crippen molar-refractivity contribution in [3.05, 3.63) is 11.1 Å². The molecule has 0 nitrogen and oxygen atoms in total. The molecule has 0 aromatic carbocycles. The highest BCUT2D eigenvalue weighted by Gasteiger charge is 2.12. The van der Waals surface area contributed by atoms with Gasteiger partial charge in [0.25, 0.3) is 0 Å². The van der Waals surface area contributed by atoms with Gasteiger partial charge in [0.15, 0.2) is 0 Å². The molecule has 1 fully saturated rings. The van der Waals surface area contributed by atoms with E-state index in [0.717, 1.165) is 13.8 Å². The first kappa shape index (κ1) is 12.1. The molecule has 1 aromatic rings. The Kier molecular flexibility index (Phi) is 5.70. The quantitative estimate of drug-likeness (QED) is 0.540.